The van der Waals surface area contributed by atoms with Gasteiger partial charge in [-0.05, 0) is 31.0 Å². The molecule has 1 fully saturated rings. The molecule has 0 saturated carbocycles. The van der Waals surface area contributed by atoms with Crippen LogP contribution in [0.3, 0.4) is 0 Å². The van der Waals surface area contributed by atoms with Crippen LogP contribution >= 0.6 is 12.4 Å². The number of halogens is 4. The Morgan fingerprint density at radius 2 is 2.06 bits per heavy atom. The van der Waals surface area contributed by atoms with Gasteiger partial charge in [0.05, 0.1) is 5.56 Å². The van der Waals surface area contributed by atoms with Gasteiger partial charge in [-0.2, -0.15) is 13.2 Å². The maximum atomic E-state index is 12.6. The molecule has 0 aromatic heterocycles. The number of nitrogens with two attached hydrogens (primary N) is 1. The number of rotatable bonds is 2. The highest BCUT2D eigenvalue weighted by atomic mass is 35.5. The maximum absolute atomic E-state index is 12.6. The summed E-state index contributed by atoms with van der Waals surface area (Å²) in [5, 5.41) is 0. The van der Waals surface area contributed by atoms with E-state index in [2.05, 4.69) is 0 Å². The predicted octanol–water partition coefficient (Wildman–Crippen LogP) is 3.05. The summed E-state index contributed by atoms with van der Waals surface area (Å²) in [4.78, 5) is 1.97. The van der Waals surface area contributed by atoms with Gasteiger partial charge >= 0.3 is 6.18 Å². The molecule has 1 aromatic rings. The third-order valence-electron chi connectivity index (χ3n) is 3.15. The lowest BCUT2D eigenvalue weighted by Gasteiger charge is -2.26. The highest BCUT2D eigenvalue weighted by Gasteiger charge is 2.32. The van der Waals surface area contributed by atoms with Crippen molar-refractivity contribution in [2.45, 2.75) is 25.1 Å². The van der Waals surface area contributed by atoms with Crippen LogP contribution in [0.5, 0.6) is 0 Å². The molecule has 1 aliphatic heterocycles. The first-order chi connectivity index (χ1) is 8.02. The van der Waals surface area contributed by atoms with Gasteiger partial charge in [0.1, 0.15) is 0 Å². The van der Waals surface area contributed by atoms with Gasteiger partial charge in [-0.3, -0.25) is 0 Å². The fraction of sp³-hybridized carbons (Fsp3) is 0.500. The Morgan fingerprint density at radius 3 is 2.67 bits per heavy atom. The molecule has 2 N–H and O–H groups in total. The van der Waals surface area contributed by atoms with Gasteiger partial charge in [0.15, 0.2) is 0 Å². The van der Waals surface area contributed by atoms with Crippen LogP contribution in [0.4, 0.5) is 18.9 Å². The first-order valence-corrected chi connectivity index (χ1v) is 5.66. The molecule has 1 aliphatic rings. The normalized spacial score (nSPS) is 19.8. The largest absolute Gasteiger partial charge is 0.416 e. The quantitative estimate of drug-likeness (QED) is 0.902. The molecule has 1 unspecified atom stereocenters. The van der Waals surface area contributed by atoms with Crippen LogP contribution in [0.25, 0.3) is 0 Å². The highest BCUT2D eigenvalue weighted by molar-refractivity contribution is 5.85. The first-order valence-electron chi connectivity index (χ1n) is 5.66. The van der Waals surface area contributed by atoms with Crippen molar-refractivity contribution in [3.05, 3.63) is 29.8 Å². The van der Waals surface area contributed by atoms with Crippen LogP contribution in [-0.4, -0.2) is 19.1 Å². The molecule has 0 amide bonds. The Balaban J connectivity index is 0.00000162. The Hall–Kier alpha value is -0.940. The number of hydrogen-bond donors (Lipinski definition) is 1. The third kappa shape index (κ3) is 3.09. The second-order valence-electron chi connectivity index (χ2n) is 4.27. The molecule has 0 aliphatic carbocycles. The summed E-state index contributed by atoms with van der Waals surface area (Å²) in [6.07, 6.45) is -2.35. The average molecular weight is 281 g/mol. The Labute approximate surface area is 110 Å². The summed E-state index contributed by atoms with van der Waals surface area (Å²) in [5.41, 5.74) is 5.64. The number of nitrogens with zero attached hydrogens (tertiary/aromatic N) is 1. The number of hydrogen-bond acceptors (Lipinski definition) is 2. The molecule has 0 spiro atoms. The van der Waals surface area contributed by atoms with Crippen LogP contribution in [-0.2, 0) is 6.18 Å². The van der Waals surface area contributed by atoms with Crippen molar-refractivity contribution < 1.29 is 13.2 Å². The minimum Gasteiger partial charge on any atom is -0.367 e. The molecule has 1 aromatic carbocycles. The summed E-state index contributed by atoms with van der Waals surface area (Å²) < 4.78 is 37.8. The molecule has 1 heterocycles. The zero-order valence-corrected chi connectivity index (χ0v) is 10.6. The smallest absolute Gasteiger partial charge is 0.367 e. The summed E-state index contributed by atoms with van der Waals surface area (Å²) >= 11 is 0. The van der Waals surface area contributed by atoms with Crippen LogP contribution in [0.15, 0.2) is 24.3 Å². The van der Waals surface area contributed by atoms with E-state index in [0.717, 1.165) is 25.5 Å². The van der Waals surface area contributed by atoms with E-state index in [4.69, 9.17) is 5.73 Å². The van der Waals surface area contributed by atoms with E-state index in [9.17, 15) is 13.2 Å². The Kier molecular flexibility index (Phi) is 4.87. The van der Waals surface area contributed by atoms with E-state index in [-0.39, 0.29) is 18.4 Å². The lowest BCUT2D eigenvalue weighted by atomic mass is 10.1. The third-order valence-corrected chi connectivity index (χ3v) is 3.15. The van der Waals surface area contributed by atoms with Crippen LogP contribution in [0, 0.1) is 0 Å². The summed E-state index contributed by atoms with van der Waals surface area (Å²) in [6, 6.07) is 5.62. The van der Waals surface area contributed by atoms with Crippen molar-refractivity contribution >= 4 is 18.1 Å². The van der Waals surface area contributed by atoms with Gasteiger partial charge in [0, 0.05) is 24.8 Å². The van der Waals surface area contributed by atoms with Crippen LogP contribution in [0.1, 0.15) is 18.4 Å². The molecule has 2 nitrogen and oxygen atoms in total. The van der Waals surface area contributed by atoms with E-state index in [1.165, 1.54) is 12.1 Å². The number of anilines is 1. The van der Waals surface area contributed by atoms with Gasteiger partial charge in [-0.1, -0.05) is 6.07 Å². The van der Waals surface area contributed by atoms with E-state index >= 15 is 0 Å². The standard InChI is InChI=1S/C12H15F3N2.ClH/c13-12(14,15)9-3-1-4-10(7-9)17-6-2-5-11(17)8-16;/h1,3-4,7,11H,2,5-6,8,16H2;1H. The van der Waals surface area contributed by atoms with Crippen LogP contribution in [0.2, 0.25) is 0 Å². The van der Waals surface area contributed by atoms with Crippen LogP contribution < -0.4 is 10.6 Å². The highest BCUT2D eigenvalue weighted by Crippen LogP contribution is 2.33. The molecule has 0 radical (unpaired) electrons. The second kappa shape index (κ2) is 5.80. The van der Waals surface area contributed by atoms with E-state index < -0.39 is 11.7 Å². The summed E-state index contributed by atoms with van der Waals surface area (Å²) in [5.74, 6) is 0. The second-order valence-corrected chi connectivity index (χ2v) is 4.27. The monoisotopic (exact) mass is 280 g/mol. The summed E-state index contributed by atoms with van der Waals surface area (Å²) in [6.45, 7) is 1.26. The SMILES string of the molecule is Cl.NCC1CCCN1c1cccc(C(F)(F)F)c1. The molecular weight excluding hydrogens is 265 g/mol. The maximum Gasteiger partial charge on any atom is 0.416 e. The lowest BCUT2D eigenvalue weighted by Crippen LogP contribution is -2.35. The Morgan fingerprint density at radius 1 is 1.33 bits per heavy atom. The minimum absolute atomic E-state index is 0. The number of benzene rings is 1. The van der Waals surface area contributed by atoms with Crippen molar-refractivity contribution in [1.29, 1.82) is 0 Å². The van der Waals surface area contributed by atoms with Crippen molar-refractivity contribution in [2.24, 2.45) is 5.73 Å². The van der Waals surface area contributed by atoms with Gasteiger partial charge in [0.25, 0.3) is 0 Å². The summed E-state index contributed by atoms with van der Waals surface area (Å²) in [7, 11) is 0. The fourth-order valence-corrected chi connectivity index (χ4v) is 2.28. The van der Waals surface area contributed by atoms with Gasteiger partial charge in [-0.15, -0.1) is 12.4 Å². The lowest BCUT2D eigenvalue weighted by molar-refractivity contribution is -0.137. The Bertz CT molecular complexity index is 395. The molecule has 1 atom stereocenters. The van der Waals surface area contributed by atoms with E-state index in [1.54, 1.807) is 6.07 Å². The molecular formula is C12H16ClF3N2. The van der Waals surface area contributed by atoms with E-state index in [0.29, 0.717) is 12.2 Å². The van der Waals surface area contributed by atoms with Gasteiger partial charge in [-0.25, -0.2) is 0 Å². The van der Waals surface area contributed by atoms with Crippen molar-refractivity contribution in [2.75, 3.05) is 18.0 Å². The van der Waals surface area contributed by atoms with Crippen molar-refractivity contribution in [3.63, 3.8) is 0 Å². The minimum atomic E-state index is -4.28. The number of alkyl halides is 3. The molecule has 2 rings (SSSR count). The first kappa shape index (κ1) is 15.1. The van der Waals surface area contributed by atoms with Crippen molar-refractivity contribution in [3.8, 4) is 0 Å². The molecule has 1 saturated heterocycles. The average Bonchev–Trinajstić information content (AvgIpc) is 2.76. The molecule has 102 valence electrons. The van der Waals surface area contributed by atoms with Gasteiger partial charge < -0.3 is 10.6 Å². The van der Waals surface area contributed by atoms with Gasteiger partial charge in [0.2, 0.25) is 0 Å². The zero-order chi connectivity index (χ0) is 12.5. The fourth-order valence-electron chi connectivity index (χ4n) is 2.28. The topological polar surface area (TPSA) is 29.3 Å². The molecule has 18 heavy (non-hydrogen) atoms. The van der Waals surface area contributed by atoms with E-state index in [1.807, 2.05) is 4.90 Å². The molecule has 6 heteroatoms. The predicted molar refractivity (Wildman–Crippen MR) is 68.1 cm³/mol. The van der Waals surface area contributed by atoms with Crippen molar-refractivity contribution in [1.82, 2.24) is 0 Å². The zero-order valence-electron chi connectivity index (χ0n) is 9.78. The molecule has 0 bridgehead atoms.